The number of rotatable bonds is 9. The van der Waals surface area contributed by atoms with Gasteiger partial charge in [0, 0.05) is 61.5 Å². The molecule has 10 heteroatoms. The summed E-state index contributed by atoms with van der Waals surface area (Å²) in [5.74, 6) is 1.10. The lowest BCUT2D eigenvalue weighted by atomic mass is 9.82. The lowest BCUT2D eigenvalue weighted by Crippen LogP contribution is -2.50. The highest BCUT2D eigenvalue weighted by atomic mass is 16.5. The van der Waals surface area contributed by atoms with Crippen LogP contribution in [0, 0.1) is 6.92 Å². The van der Waals surface area contributed by atoms with Gasteiger partial charge in [-0.25, -0.2) is 4.98 Å². The van der Waals surface area contributed by atoms with Gasteiger partial charge in [0.25, 0.3) is 5.91 Å². The molecule has 1 atom stereocenters. The molecule has 4 aromatic heterocycles. The minimum absolute atomic E-state index is 0.232. The normalized spacial score (nSPS) is 18.1. The number of carbonyl (C=O) groups excluding carboxylic acids is 1. The maximum absolute atomic E-state index is 13.5. The van der Waals surface area contributed by atoms with Crippen molar-refractivity contribution >= 4 is 28.1 Å². The fraction of sp³-hybridized carbons (Fsp3) is 0.412. The molecule has 10 nitrogen and oxygen atoms in total. The number of fused-ring (bicyclic) bond motifs is 2. The summed E-state index contributed by atoms with van der Waals surface area (Å²) in [5, 5.41) is 8.88. The zero-order chi connectivity index (χ0) is 30.2. The van der Waals surface area contributed by atoms with Crippen LogP contribution in [0.5, 0.6) is 5.75 Å². The van der Waals surface area contributed by atoms with Gasteiger partial charge < -0.3 is 15.0 Å². The lowest BCUT2D eigenvalue weighted by Gasteiger charge is -2.37. The molecule has 1 aliphatic carbocycles. The van der Waals surface area contributed by atoms with Crippen LogP contribution >= 0.6 is 0 Å². The van der Waals surface area contributed by atoms with Crippen LogP contribution in [0.4, 0.5) is 5.69 Å². The number of imidazole rings is 1. The first-order valence-corrected chi connectivity index (χ1v) is 15.7. The molecule has 1 amide bonds. The third-order valence-electron chi connectivity index (χ3n) is 9.30. The summed E-state index contributed by atoms with van der Waals surface area (Å²) in [6.45, 7) is 9.50. The first kappa shape index (κ1) is 28.5. The number of benzene rings is 1. The number of likely N-dealkylation sites (N-methyl/N-ethyl adjacent to an activating group) is 1. The molecule has 44 heavy (non-hydrogen) atoms. The second-order valence-corrected chi connectivity index (χ2v) is 12.3. The SMILES string of the molecule is Cc1nn(Cc2cccc(C3CCC3)n2)c2cccc(NC(=O)c3cnc4cc(OCCN5CCN(C)[C@@H](C)C5)ccn34)c12. The Balaban J connectivity index is 1.04. The van der Waals surface area contributed by atoms with Crippen LogP contribution in [0.1, 0.15) is 59.7 Å². The number of carbonyl (C=O) groups is 1. The van der Waals surface area contributed by atoms with Gasteiger partial charge in [-0.2, -0.15) is 5.10 Å². The average molecular weight is 593 g/mol. The largest absolute Gasteiger partial charge is 0.492 e. The zero-order valence-electron chi connectivity index (χ0n) is 25.7. The maximum Gasteiger partial charge on any atom is 0.274 e. The molecule has 7 rings (SSSR count). The van der Waals surface area contributed by atoms with Gasteiger partial charge in [-0.1, -0.05) is 18.6 Å². The Morgan fingerprint density at radius 2 is 1.98 bits per heavy atom. The smallest absolute Gasteiger partial charge is 0.274 e. The van der Waals surface area contributed by atoms with E-state index < -0.39 is 0 Å². The highest BCUT2D eigenvalue weighted by Gasteiger charge is 2.22. The summed E-state index contributed by atoms with van der Waals surface area (Å²) in [6, 6.07) is 16.5. The number of hydrogen-bond donors (Lipinski definition) is 1. The van der Waals surface area contributed by atoms with Crippen LogP contribution in [0.15, 0.2) is 60.9 Å². The minimum Gasteiger partial charge on any atom is -0.492 e. The number of piperazine rings is 1. The first-order chi connectivity index (χ1) is 21.4. The minimum atomic E-state index is -0.232. The summed E-state index contributed by atoms with van der Waals surface area (Å²) in [7, 11) is 2.18. The second kappa shape index (κ2) is 12.0. The van der Waals surface area contributed by atoms with Crippen molar-refractivity contribution < 1.29 is 9.53 Å². The standard InChI is InChI=1S/C34H40N8O2/c1-23-21-40(16-15-39(23)3)17-18-44-27-13-14-41-31(20-35-32(41)19-27)34(43)37-29-11-6-12-30-33(29)24(2)38-42(30)22-26-9-5-10-28(36-26)25-7-4-8-25/h5-6,9-14,19-20,23,25H,4,7-8,15-18,21-22H2,1-3H3,(H,37,43)/t23-/m0/s1. The Bertz CT molecular complexity index is 1810. The number of pyridine rings is 2. The molecule has 2 fully saturated rings. The third kappa shape index (κ3) is 5.67. The van der Waals surface area contributed by atoms with Gasteiger partial charge in [-0.3, -0.25) is 23.8 Å². The van der Waals surface area contributed by atoms with Gasteiger partial charge in [0.15, 0.2) is 0 Å². The number of hydrogen-bond acceptors (Lipinski definition) is 7. The van der Waals surface area contributed by atoms with Crippen LogP contribution in [-0.4, -0.2) is 85.7 Å². The highest BCUT2D eigenvalue weighted by molar-refractivity contribution is 6.08. The van der Waals surface area contributed by atoms with E-state index in [1.807, 2.05) is 48.1 Å². The van der Waals surface area contributed by atoms with E-state index in [1.54, 1.807) is 10.6 Å². The van der Waals surface area contributed by atoms with Crippen LogP contribution < -0.4 is 10.1 Å². The number of aromatic nitrogens is 5. The number of aryl methyl sites for hydroxylation is 1. The van der Waals surface area contributed by atoms with E-state index in [4.69, 9.17) is 14.8 Å². The molecule has 0 unspecified atom stereocenters. The van der Waals surface area contributed by atoms with Crippen LogP contribution in [-0.2, 0) is 6.54 Å². The van der Waals surface area contributed by atoms with Crippen LogP contribution in [0.3, 0.4) is 0 Å². The highest BCUT2D eigenvalue weighted by Crippen LogP contribution is 2.35. The molecule has 0 spiro atoms. The number of ether oxygens (including phenoxy) is 1. The number of amides is 1. The average Bonchev–Trinajstić information content (AvgIpc) is 3.55. The van der Waals surface area contributed by atoms with Gasteiger partial charge in [0.1, 0.15) is 23.7 Å². The van der Waals surface area contributed by atoms with E-state index >= 15 is 0 Å². The van der Waals surface area contributed by atoms with E-state index in [-0.39, 0.29) is 5.91 Å². The molecule has 228 valence electrons. The van der Waals surface area contributed by atoms with E-state index in [9.17, 15) is 4.79 Å². The van der Waals surface area contributed by atoms with E-state index in [0.717, 1.165) is 59.9 Å². The molecule has 1 aliphatic heterocycles. The van der Waals surface area contributed by atoms with Crippen molar-refractivity contribution in [3.63, 3.8) is 0 Å². The monoisotopic (exact) mass is 592 g/mol. The molecule has 1 N–H and O–H groups in total. The summed E-state index contributed by atoms with van der Waals surface area (Å²) >= 11 is 0. The van der Waals surface area contributed by atoms with Gasteiger partial charge in [0.05, 0.1) is 35.3 Å². The fourth-order valence-corrected chi connectivity index (χ4v) is 6.34. The predicted molar refractivity (Wildman–Crippen MR) is 172 cm³/mol. The molecular weight excluding hydrogens is 552 g/mol. The summed E-state index contributed by atoms with van der Waals surface area (Å²) in [5.41, 5.74) is 5.84. The van der Waals surface area contributed by atoms with Gasteiger partial charge in [-0.05, 0) is 64.1 Å². The lowest BCUT2D eigenvalue weighted by molar-refractivity contribution is 0.0928. The fourth-order valence-electron chi connectivity index (χ4n) is 6.34. The van der Waals surface area contributed by atoms with E-state index in [2.05, 4.69) is 52.3 Å². The zero-order valence-corrected chi connectivity index (χ0v) is 25.7. The number of nitrogens with one attached hydrogen (secondary N) is 1. The molecular formula is C34H40N8O2. The Hall–Kier alpha value is -4.28. The van der Waals surface area contributed by atoms with Gasteiger partial charge in [-0.15, -0.1) is 0 Å². The number of anilines is 1. The molecule has 5 aromatic rings. The van der Waals surface area contributed by atoms with E-state index in [0.29, 0.717) is 36.5 Å². The van der Waals surface area contributed by atoms with Crippen molar-refractivity contribution in [2.24, 2.45) is 0 Å². The van der Waals surface area contributed by atoms with Crippen molar-refractivity contribution in [1.29, 1.82) is 0 Å². The topological polar surface area (TPSA) is 92.8 Å². The summed E-state index contributed by atoms with van der Waals surface area (Å²) in [6.07, 6.45) is 7.19. The Morgan fingerprint density at radius 1 is 1.11 bits per heavy atom. The Kier molecular flexibility index (Phi) is 7.78. The van der Waals surface area contributed by atoms with E-state index in [1.165, 1.54) is 25.0 Å². The van der Waals surface area contributed by atoms with Gasteiger partial charge >= 0.3 is 0 Å². The van der Waals surface area contributed by atoms with Crippen molar-refractivity contribution in [2.75, 3.05) is 45.2 Å². The molecule has 1 saturated heterocycles. The predicted octanol–water partition coefficient (Wildman–Crippen LogP) is 4.97. The quantitative estimate of drug-likeness (QED) is 0.258. The molecule has 0 bridgehead atoms. The molecule has 2 aliphatic rings. The number of nitrogens with zero attached hydrogens (tertiary/aromatic N) is 7. The van der Waals surface area contributed by atoms with Gasteiger partial charge in [0.2, 0.25) is 0 Å². The first-order valence-electron chi connectivity index (χ1n) is 15.7. The maximum atomic E-state index is 13.5. The molecule has 0 radical (unpaired) electrons. The second-order valence-electron chi connectivity index (χ2n) is 12.3. The molecule has 1 aromatic carbocycles. The Labute approximate surface area is 257 Å². The van der Waals surface area contributed by atoms with Crippen LogP contribution in [0.25, 0.3) is 16.6 Å². The van der Waals surface area contributed by atoms with Crippen molar-refractivity contribution in [3.8, 4) is 5.75 Å². The van der Waals surface area contributed by atoms with Crippen molar-refractivity contribution in [2.45, 2.75) is 51.6 Å². The molecule has 1 saturated carbocycles. The summed E-state index contributed by atoms with van der Waals surface area (Å²) < 4.78 is 9.83. The van der Waals surface area contributed by atoms with Crippen molar-refractivity contribution in [1.82, 2.24) is 33.9 Å². The third-order valence-corrected chi connectivity index (χ3v) is 9.30. The van der Waals surface area contributed by atoms with Crippen molar-refractivity contribution in [3.05, 3.63) is 83.7 Å². The summed E-state index contributed by atoms with van der Waals surface area (Å²) in [4.78, 5) is 27.8. The Morgan fingerprint density at radius 3 is 2.80 bits per heavy atom. The molecule has 5 heterocycles. The van der Waals surface area contributed by atoms with Crippen LogP contribution in [0.2, 0.25) is 0 Å².